The molecule has 1 saturated heterocycles. The highest BCUT2D eigenvalue weighted by molar-refractivity contribution is 8.00. The molecule has 114 valence electrons. The number of hydrogen-bond acceptors (Lipinski definition) is 7. The highest BCUT2D eigenvalue weighted by Crippen LogP contribution is 2.22. The summed E-state index contributed by atoms with van der Waals surface area (Å²) in [7, 11) is -2.93. The summed E-state index contributed by atoms with van der Waals surface area (Å²) in [6, 6.07) is 0. The molecule has 0 aliphatic carbocycles. The third kappa shape index (κ3) is 4.10. The monoisotopic (exact) mass is 320 g/mol. The summed E-state index contributed by atoms with van der Waals surface area (Å²) in [5, 5.41) is 9.19. The Balaban J connectivity index is 2.04. The van der Waals surface area contributed by atoms with Crippen molar-refractivity contribution < 1.29 is 13.2 Å². The molecule has 0 amide bonds. The Morgan fingerprint density at radius 1 is 1.30 bits per heavy atom. The molecule has 2 rings (SSSR count). The number of hydrogen-bond donors (Lipinski definition) is 0. The molecular formula is C11H20N4O3S2. The highest BCUT2D eigenvalue weighted by atomic mass is 32.2. The van der Waals surface area contributed by atoms with E-state index in [-0.39, 0.29) is 5.75 Å². The van der Waals surface area contributed by atoms with Crippen molar-refractivity contribution in [2.45, 2.75) is 18.6 Å². The third-order valence-electron chi connectivity index (χ3n) is 2.99. The van der Waals surface area contributed by atoms with Crippen molar-refractivity contribution in [2.24, 2.45) is 0 Å². The molecule has 0 spiro atoms. The van der Waals surface area contributed by atoms with Crippen LogP contribution in [0.15, 0.2) is 5.16 Å². The van der Waals surface area contributed by atoms with Crippen LogP contribution in [0, 0.1) is 0 Å². The van der Waals surface area contributed by atoms with Gasteiger partial charge in [0.1, 0.15) is 9.84 Å². The molecule has 1 aromatic heterocycles. The van der Waals surface area contributed by atoms with Crippen LogP contribution in [-0.4, -0.2) is 67.2 Å². The van der Waals surface area contributed by atoms with E-state index in [2.05, 4.69) is 15.1 Å². The van der Waals surface area contributed by atoms with Gasteiger partial charge in [0.15, 0.2) is 5.16 Å². The molecule has 0 unspecified atom stereocenters. The first kappa shape index (κ1) is 15.6. The van der Waals surface area contributed by atoms with E-state index in [0.717, 1.165) is 30.7 Å². The number of morpholine rings is 1. The lowest BCUT2D eigenvalue weighted by Gasteiger charge is -2.27. The Kier molecular flexibility index (Phi) is 5.28. The van der Waals surface area contributed by atoms with Gasteiger partial charge in [-0.05, 0) is 6.92 Å². The molecule has 7 nitrogen and oxygen atoms in total. The van der Waals surface area contributed by atoms with Gasteiger partial charge >= 0.3 is 0 Å². The van der Waals surface area contributed by atoms with Gasteiger partial charge in [0.2, 0.25) is 5.95 Å². The Labute approximate surface area is 123 Å². The topological polar surface area (TPSA) is 77.3 Å². The molecule has 0 saturated carbocycles. The average Bonchev–Trinajstić information content (AvgIpc) is 2.81. The predicted molar refractivity (Wildman–Crippen MR) is 79.2 cm³/mol. The summed E-state index contributed by atoms with van der Waals surface area (Å²) >= 11 is 1.44. The van der Waals surface area contributed by atoms with Gasteiger partial charge in [0.05, 0.1) is 19.0 Å². The van der Waals surface area contributed by atoms with Crippen molar-refractivity contribution in [1.82, 2.24) is 14.8 Å². The van der Waals surface area contributed by atoms with Gasteiger partial charge in [-0.2, -0.15) is 0 Å². The fraction of sp³-hybridized carbons (Fsp3) is 0.818. The van der Waals surface area contributed by atoms with E-state index in [0.29, 0.717) is 19.0 Å². The summed E-state index contributed by atoms with van der Waals surface area (Å²) in [6.07, 6.45) is 1.25. The fourth-order valence-corrected chi connectivity index (χ4v) is 4.14. The third-order valence-corrected chi connectivity index (χ3v) is 5.17. The Morgan fingerprint density at radius 2 is 2.00 bits per heavy atom. The van der Waals surface area contributed by atoms with Gasteiger partial charge in [-0.3, -0.25) is 4.57 Å². The van der Waals surface area contributed by atoms with Crippen molar-refractivity contribution in [3.63, 3.8) is 0 Å². The minimum absolute atomic E-state index is 0.154. The molecule has 1 aromatic rings. The molecule has 0 aromatic carbocycles. The van der Waals surface area contributed by atoms with Crippen LogP contribution in [0.25, 0.3) is 0 Å². The summed E-state index contributed by atoms with van der Waals surface area (Å²) in [4.78, 5) is 2.15. The zero-order valence-electron chi connectivity index (χ0n) is 11.8. The molecule has 9 heteroatoms. The molecule has 1 aliphatic heterocycles. The molecule has 0 atom stereocenters. The summed E-state index contributed by atoms with van der Waals surface area (Å²) < 4.78 is 29.7. The molecule has 1 fully saturated rings. The lowest BCUT2D eigenvalue weighted by molar-refractivity contribution is 0.121. The number of nitrogens with zero attached hydrogens (tertiary/aromatic N) is 4. The van der Waals surface area contributed by atoms with E-state index in [1.165, 1.54) is 18.0 Å². The quantitative estimate of drug-likeness (QED) is 0.696. The van der Waals surface area contributed by atoms with E-state index in [1.807, 2.05) is 11.5 Å². The van der Waals surface area contributed by atoms with Gasteiger partial charge in [-0.1, -0.05) is 11.8 Å². The lowest BCUT2D eigenvalue weighted by atomic mass is 10.4. The maximum atomic E-state index is 11.2. The van der Waals surface area contributed by atoms with E-state index in [9.17, 15) is 8.42 Å². The van der Waals surface area contributed by atoms with Crippen LogP contribution in [0.1, 0.15) is 6.92 Å². The summed E-state index contributed by atoms with van der Waals surface area (Å²) in [5.74, 6) is 1.50. The number of anilines is 1. The van der Waals surface area contributed by atoms with E-state index in [1.54, 1.807) is 0 Å². The Bertz CT molecular complexity index is 538. The number of ether oxygens (including phenoxy) is 1. The number of sulfone groups is 1. The number of rotatable bonds is 6. The molecular weight excluding hydrogens is 300 g/mol. The van der Waals surface area contributed by atoms with Crippen molar-refractivity contribution >= 4 is 27.5 Å². The smallest absolute Gasteiger partial charge is 0.228 e. The largest absolute Gasteiger partial charge is 0.378 e. The predicted octanol–water partition coefficient (Wildman–Crippen LogP) is 0.271. The Morgan fingerprint density at radius 3 is 2.60 bits per heavy atom. The molecule has 2 heterocycles. The molecule has 0 radical (unpaired) electrons. The second kappa shape index (κ2) is 6.77. The van der Waals surface area contributed by atoms with Crippen LogP contribution < -0.4 is 4.90 Å². The highest BCUT2D eigenvalue weighted by Gasteiger charge is 2.19. The molecule has 0 bridgehead atoms. The van der Waals surface area contributed by atoms with Gasteiger partial charge < -0.3 is 9.64 Å². The minimum Gasteiger partial charge on any atom is -0.378 e. The van der Waals surface area contributed by atoms with Gasteiger partial charge in [0, 0.05) is 31.6 Å². The normalized spacial score (nSPS) is 16.6. The van der Waals surface area contributed by atoms with Crippen molar-refractivity contribution in [2.75, 3.05) is 49.0 Å². The van der Waals surface area contributed by atoms with Crippen molar-refractivity contribution in [1.29, 1.82) is 0 Å². The lowest BCUT2D eigenvalue weighted by Crippen LogP contribution is -2.38. The first-order valence-electron chi connectivity index (χ1n) is 6.57. The van der Waals surface area contributed by atoms with Crippen LogP contribution in [0.2, 0.25) is 0 Å². The first-order chi connectivity index (χ1) is 9.51. The zero-order valence-corrected chi connectivity index (χ0v) is 13.4. The molecule has 1 aliphatic rings. The van der Waals surface area contributed by atoms with Gasteiger partial charge in [-0.25, -0.2) is 8.42 Å². The van der Waals surface area contributed by atoms with Crippen LogP contribution >= 0.6 is 11.8 Å². The number of thioether (sulfide) groups is 1. The summed E-state index contributed by atoms with van der Waals surface area (Å²) in [6.45, 7) is 5.83. The standard InChI is InChI=1S/C11H20N4O3S2/c1-3-15-10(14-4-6-18-7-5-14)12-13-11(15)19-8-9-20(2,16)17/h3-9H2,1-2H3. The van der Waals surface area contributed by atoms with Gasteiger partial charge in [0.25, 0.3) is 0 Å². The Hall–Kier alpha value is -0.800. The SMILES string of the molecule is CCn1c(SCCS(C)(=O)=O)nnc1N1CCOCC1. The molecule has 20 heavy (non-hydrogen) atoms. The van der Waals surface area contributed by atoms with Gasteiger partial charge in [-0.15, -0.1) is 10.2 Å². The fourth-order valence-electron chi connectivity index (χ4n) is 1.95. The second-order valence-electron chi connectivity index (χ2n) is 4.60. The maximum Gasteiger partial charge on any atom is 0.228 e. The molecule has 0 N–H and O–H groups in total. The van der Waals surface area contributed by atoms with Crippen LogP contribution in [0.3, 0.4) is 0 Å². The average molecular weight is 320 g/mol. The summed E-state index contributed by atoms with van der Waals surface area (Å²) in [5.41, 5.74) is 0. The number of aromatic nitrogens is 3. The minimum atomic E-state index is -2.93. The van der Waals surface area contributed by atoms with Crippen LogP contribution in [0.5, 0.6) is 0 Å². The van der Waals surface area contributed by atoms with E-state index >= 15 is 0 Å². The zero-order chi connectivity index (χ0) is 14.6. The maximum absolute atomic E-state index is 11.2. The second-order valence-corrected chi connectivity index (χ2v) is 7.93. The van der Waals surface area contributed by atoms with E-state index < -0.39 is 9.84 Å². The van der Waals surface area contributed by atoms with Crippen LogP contribution in [-0.2, 0) is 21.1 Å². The van der Waals surface area contributed by atoms with E-state index in [4.69, 9.17) is 4.74 Å². The van der Waals surface area contributed by atoms with Crippen molar-refractivity contribution in [3.05, 3.63) is 0 Å². The van der Waals surface area contributed by atoms with Crippen LogP contribution in [0.4, 0.5) is 5.95 Å². The van der Waals surface area contributed by atoms with Crippen molar-refractivity contribution in [3.8, 4) is 0 Å². The first-order valence-corrected chi connectivity index (χ1v) is 9.62.